The fourth-order valence-corrected chi connectivity index (χ4v) is 3.46. The third kappa shape index (κ3) is 7.98. The summed E-state index contributed by atoms with van der Waals surface area (Å²) in [5.41, 5.74) is 8.01. The van der Waals surface area contributed by atoms with Gasteiger partial charge in [-0.2, -0.15) is 0 Å². The summed E-state index contributed by atoms with van der Waals surface area (Å²) >= 11 is 0. The smallest absolute Gasteiger partial charge is 0.183 e. The Balaban J connectivity index is 2.67. The van der Waals surface area contributed by atoms with Crippen molar-refractivity contribution in [2.45, 2.75) is 39.3 Å². The average molecular weight is 341 g/mol. The van der Waals surface area contributed by atoms with Crippen LogP contribution in [0.5, 0.6) is 0 Å². The molecule has 0 heterocycles. The molecule has 0 amide bonds. The summed E-state index contributed by atoms with van der Waals surface area (Å²) in [6.45, 7) is 16.4. The Kier molecular flexibility index (Phi) is 7.12. The molecule has 22 heavy (non-hydrogen) atoms. The molecule has 0 aromatic heterocycles. The lowest BCUT2D eigenvalue weighted by molar-refractivity contribution is 0.297. The molecule has 1 aromatic carbocycles. The first-order chi connectivity index (χ1) is 10.1. The molecule has 0 aliphatic heterocycles. The zero-order valence-electron chi connectivity index (χ0n) is 15.0. The van der Waals surface area contributed by atoms with Crippen molar-refractivity contribution in [1.29, 1.82) is 0 Å². The van der Waals surface area contributed by atoms with Crippen molar-refractivity contribution >= 4 is 28.0 Å². The van der Waals surface area contributed by atoms with Gasteiger partial charge in [0.05, 0.1) is 24.6 Å². The lowest BCUT2D eigenvalue weighted by atomic mass is 10.2. The van der Waals surface area contributed by atoms with Gasteiger partial charge in [0.15, 0.2) is 16.6 Å². The minimum absolute atomic E-state index is 0.733. The second-order valence-corrected chi connectivity index (χ2v) is 16.5. The predicted molar refractivity (Wildman–Crippen MR) is 102 cm³/mol. The van der Waals surface area contributed by atoms with E-state index in [2.05, 4.69) is 50.2 Å². The largest absolute Gasteiger partial charge is 0.416 e. The van der Waals surface area contributed by atoms with Gasteiger partial charge in [-0.25, -0.2) is 0 Å². The van der Waals surface area contributed by atoms with Gasteiger partial charge in [-0.1, -0.05) is 12.1 Å². The van der Waals surface area contributed by atoms with E-state index in [4.69, 9.17) is 14.6 Å². The molecule has 0 unspecified atom stereocenters. The summed E-state index contributed by atoms with van der Waals surface area (Å²) in [4.78, 5) is 2.27. The van der Waals surface area contributed by atoms with Crippen molar-refractivity contribution in [2.75, 3.05) is 36.9 Å². The van der Waals surface area contributed by atoms with Gasteiger partial charge in [0.2, 0.25) is 0 Å². The van der Waals surface area contributed by atoms with Gasteiger partial charge in [-0.15, -0.1) is 0 Å². The fraction of sp³-hybridized carbons (Fsp3) is 0.625. The third-order valence-electron chi connectivity index (χ3n) is 3.07. The maximum Gasteiger partial charge on any atom is 0.183 e. The first kappa shape index (κ1) is 19.2. The SMILES string of the molecule is C[Si](C)(C)OCCN(CCO[Si](C)(C)C)c1ccccc1N. The van der Waals surface area contributed by atoms with E-state index in [9.17, 15) is 0 Å². The quantitative estimate of drug-likeness (QED) is 0.549. The molecule has 0 fully saturated rings. The van der Waals surface area contributed by atoms with Gasteiger partial charge in [-0.05, 0) is 51.4 Å². The van der Waals surface area contributed by atoms with Crippen LogP contribution < -0.4 is 10.6 Å². The van der Waals surface area contributed by atoms with E-state index in [1.54, 1.807) is 0 Å². The van der Waals surface area contributed by atoms with E-state index in [1.165, 1.54) is 0 Å². The number of hydrogen-bond acceptors (Lipinski definition) is 4. The molecule has 0 spiro atoms. The molecule has 4 nitrogen and oxygen atoms in total. The molecular weight excluding hydrogens is 308 g/mol. The highest BCUT2D eigenvalue weighted by Gasteiger charge is 2.17. The Labute approximate surface area is 137 Å². The van der Waals surface area contributed by atoms with E-state index in [0.29, 0.717) is 0 Å². The maximum atomic E-state index is 6.13. The molecule has 1 aromatic rings. The lowest BCUT2D eigenvalue weighted by Crippen LogP contribution is -2.37. The number of hydrogen-bond donors (Lipinski definition) is 1. The summed E-state index contributed by atoms with van der Waals surface area (Å²) in [7, 11) is -2.96. The van der Waals surface area contributed by atoms with Gasteiger partial charge in [0, 0.05) is 13.1 Å². The van der Waals surface area contributed by atoms with Crippen molar-refractivity contribution in [2.24, 2.45) is 0 Å². The molecule has 0 bridgehead atoms. The maximum absolute atomic E-state index is 6.13. The van der Waals surface area contributed by atoms with Crippen LogP contribution >= 0.6 is 0 Å². The minimum Gasteiger partial charge on any atom is -0.416 e. The molecule has 126 valence electrons. The van der Waals surface area contributed by atoms with Crippen LogP contribution in [0, 0.1) is 0 Å². The second-order valence-electron chi connectivity index (χ2n) is 7.47. The van der Waals surface area contributed by atoms with E-state index in [-0.39, 0.29) is 0 Å². The summed E-state index contributed by atoms with van der Waals surface area (Å²) in [5, 5.41) is 0. The van der Waals surface area contributed by atoms with Crippen molar-refractivity contribution in [1.82, 2.24) is 0 Å². The third-order valence-corrected chi connectivity index (χ3v) is 5.21. The van der Waals surface area contributed by atoms with Crippen LogP contribution in [0.1, 0.15) is 0 Å². The van der Waals surface area contributed by atoms with Crippen LogP contribution in [0.2, 0.25) is 39.3 Å². The molecule has 0 radical (unpaired) electrons. The van der Waals surface area contributed by atoms with Gasteiger partial charge in [-0.3, -0.25) is 0 Å². The first-order valence-electron chi connectivity index (χ1n) is 7.96. The number of nitrogens with zero attached hydrogens (tertiary/aromatic N) is 1. The van der Waals surface area contributed by atoms with Gasteiger partial charge in [0.1, 0.15) is 0 Å². The van der Waals surface area contributed by atoms with Crippen LogP contribution in [-0.2, 0) is 8.85 Å². The zero-order chi connectivity index (χ0) is 16.8. The molecule has 2 N–H and O–H groups in total. The van der Waals surface area contributed by atoms with E-state index in [0.717, 1.165) is 37.7 Å². The zero-order valence-corrected chi connectivity index (χ0v) is 17.0. The van der Waals surface area contributed by atoms with Crippen LogP contribution in [-0.4, -0.2) is 42.9 Å². The number of nitrogen functional groups attached to an aromatic ring is 1. The van der Waals surface area contributed by atoms with Gasteiger partial charge < -0.3 is 19.5 Å². The Morgan fingerprint density at radius 3 is 1.73 bits per heavy atom. The fourth-order valence-electron chi connectivity index (χ4n) is 2.05. The second kappa shape index (κ2) is 8.15. The summed E-state index contributed by atoms with van der Waals surface area (Å²) in [5.74, 6) is 0. The number of benzene rings is 1. The Morgan fingerprint density at radius 1 is 0.864 bits per heavy atom. The van der Waals surface area contributed by atoms with Gasteiger partial charge >= 0.3 is 0 Å². The van der Waals surface area contributed by atoms with Gasteiger partial charge in [0.25, 0.3) is 0 Å². The molecular formula is C16H32N2O2Si2. The summed E-state index contributed by atoms with van der Waals surface area (Å²) < 4.78 is 12.0. The lowest BCUT2D eigenvalue weighted by Gasteiger charge is -2.29. The molecule has 0 atom stereocenters. The van der Waals surface area contributed by atoms with E-state index >= 15 is 0 Å². The standard InChI is InChI=1S/C16H32N2O2Si2/c1-21(2,3)19-13-11-18(12-14-20-22(4,5)6)16-10-8-7-9-15(16)17/h7-10H,11-14,17H2,1-6H3. The monoisotopic (exact) mass is 340 g/mol. The molecule has 0 saturated heterocycles. The van der Waals surface area contributed by atoms with Crippen LogP contribution in [0.3, 0.4) is 0 Å². The van der Waals surface area contributed by atoms with Crippen LogP contribution in [0.15, 0.2) is 24.3 Å². The van der Waals surface area contributed by atoms with Crippen molar-refractivity contribution < 1.29 is 8.85 Å². The average Bonchev–Trinajstić information content (AvgIpc) is 2.35. The number of para-hydroxylation sites is 2. The number of rotatable bonds is 9. The molecule has 0 aliphatic carbocycles. The Morgan fingerprint density at radius 2 is 1.32 bits per heavy atom. The van der Waals surface area contributed by atoms with E-state index in [1.807, 2.05) is 18.2 Å². The minimum atomic E-state index is -1.48. The van der Waals surface area contributed by atoms with E-state index < -0.39 is 16.6 Å². The molecule has 1 rings (SSSR count). The highest BCUT2D eigenvalue weighted by Crippen LogP contribution is 2.22. The molecule has 6 heteroatoms. The Bertz CT molecular complexity index is 436. The topological polar surface area (TPSA) is 47.7 Å². The molecule has 0 saturated carbocycles. The summed E-state index contributed by atoms with van der Waals surface area (Å²) in [6, 6.07) is 8.00. The molecule has 0 aliphatic rings. The highest BCUT2D eigenvalue weighted by atomic mass is 28.4. The normalized spacial score (nSPS) is 12.5. The highest BCUT2D eigenvalue weighted by molar-refractivity contribution is 6.70. The van der Waals surface area contributed by atoms with Crippen LogP contribution in [0.25, 0.3) is 0 Å². The Hall–Kier alpha value is -0.826. The number of nitrogens with two attached hydrogens (primary N) is 1. The summed E-state index contributed by atoms with van der Waals surface area (Å²) in [6.07, 6.45) is 0. The first-order valence-corrected chi connectivity index (χ1v) is 14.8. The number of anilines is 2. The van der Waals surface area contributed by atoms with Crippen molar-refractivity contribution in [3.63, 3.8) is 0 Å². The van der Waals surface area contributed by atoms with Crippen molar-refractivity contribution in [3.05, 3.63) is 24.3 Å². The predicted octanol–water partition coefficient (Wildman–Crippen LogP) is 3.78. The van der Waals surface area contributed by atoms with Crippen molar-refractivity contribution in [3.8, 4) is 0 Å². The van der Waals surface area contributed by atoms with Crippen LogP contribution in [0.4, 0.5) is 11.4 Å².